The molecule has 0 saturated carbocycles. The van der Waals surface area contributed by atoms with Crippen LogP contribution in [-0.2, 0) is 14.3 Å². The van der Waals surface area contributed by atoms with Crippen LogP contribution in [0.3, 0.4) is 0 Å². The number of ether oxygens (including phenoxy) is 1. The van der Waals surface area contributed by atoms with E-state index in [0.717, 1.165) is 0 Å². The van der Waals surface area contributed by atoms with Crippen LogP contribution in [0.4, 0.5) is 5.69 Å². The van der Waals surface area contributed by atoms with Crippen LogP contribution in [0, 0.1) is 10.1 Å². The number of rotatable bonds is 9. The average molecular weight is 413 g/mol. The smallest absolute Gasteiger partial charge is 0.306 e. The summed E-state index contributed by atoms with van der Waals surface area (Å²) < 4.78 is 4.85. The van der Waals surface area contributed by atoms with Crippen molar-refractivity contribution in [2.75, 3.05) is 6.61 Å². The van der Waals surface area contributed by atoms with Crippen molar-refractivity contribution in [2.24, 2.45) is 0 Å². The number of carbonyl (C=O) groups is 4. The van der Waals surface area contributed by atoms with Crippen molar-refractivity contribution in [3.05, 3.63) is 75.8 Å². The Hall–Kier alpha value is -4.08. The third kappa shape index (κ3) is 7.15. The standard InChI is InChI=1S/C20H19N3O7/c24-17(14-9-11-16(12-10-14)23(28)29)13-30-19(26)8-4-7-18(25)21-22-20(27)15-5-2-1-3-6-15/h1-3,5-6,9-12H,4,7-8,13H2,(H,21,25)(H,22,27). The SMILES string of the molecule is O=C(CCCC(=O)OCC(=O)c1ccc([N+](=O)[O-])cc1)NNC(=O)c1ccccc1. The van der Waals surface area contributed by atoms with Gasteiger partial charge in [-0.25, -0.2) is 0 Å². The third-order valence-corrected chi connectivity index (χ3v) is 3.90. The number of benzene rings is 2. The molecule has 0 fully saturated rings. The number of non-ortho nitro benzene ring substituents is 1. The Kier molecular flexibility index (Phi) is 8.18. The van der Waals surface area contributed by atoms with Crippen LogP contribution in [0.1, 0.15) is 40.0 Å². The Morgan fingerprint density at radius 1 is 0.867 bits per heavy atom. The van der Waals surface area contributed by atoms with Crippen molar-refractivity contribution in [1.29, 1.82) is 0 Å². The molecule has 0 aliphatic rings. The van der Waals surface area contributed by atoms with Gasteiger partial charge in [-0.15, -0.1) is 0 Å². The van der Waals surface area contributed by atoms with Crippen molar-refractivity contribution in [1.82, 2.24) is 10.9 Å². The number of carbonyl (C=O) groups excluding carboxylic acids is 4. The van der Waals surface area contributed by atoms with Crippen molar-refractivity contribution in [3.63, 3.8) is 0 Å². The molecular weight excluding hydrogens is 394 g/mol. The van der Waals surface area contributed by atoms with E-state index in [2.05, 4.69) is 10.9 Å². The molecule has 0 heterocycles. The average Bonchev–Trinajstić information content (AvgIpc) is 2.76. The van der Waals surface area contributed by atoms with Gasteiger partial charge in [0.1, 0.15) is 0 Å². The zero-order chi connectivity index (χ0) is 21.9. The molecule has 0 atom stereocenters. The van der Waals surface area contributed by atoms with Gasteiger partial charge in [-0.3, -0.25) is 40.1 Å². The molecule has 2 amide bonds. The molecule has 0 aliphatic heterocycles. The maximum Gasteiger partial charge on any atom is 0.306 e. The van der Waals surface area contributed by atoms with Gasteiger partial charge in [0.2, 0.25) is 5.91 Å². The predicted octanol–water partition coefficient (Wildman–Crippen LogP) is 1.95. The number of hydrogen-bond donors (Lipinski definition) is 2. The molecule has 0 aliphatic carbocycles. The first-order chi connectivity index (χ1) is 14.4. The number of nitrogens with one attached hydrogen (secondary N) is 2. The Bertz CT molecular complexity index is 927. The van der Waals surface area contributed by atoms with Crippen LogP contribution < -0.4 is 10.9 Å². The van der Waals surface area contributed by atoms with Gasteiger partial charge in [-0.2, -0.15) is 0 Å². The van der Waals surface area contributed by atoms with Crippen molar-refractivity contribution in [2.45, 2.75) is 19.3 Å². The van der Waals surface area contributed by atoms with E-state index in [1.807, 2.05) is 0 Å². The highest BCUT2D eigenvalue weighted by molar-refractivity contribution is 5.98. The van der Waals surface area contributed by atoms with E-state index in [1.54, 1.807) is 30.3 Å². The highest BCUT2D eigenvalue weighted by Gasteiger charge is 2.13. The second-order valence-corrected chi connectivity index (χ2v) is 6.11. The van der Waals surface area contributed by atoms with Gasteiger partial charge in [0, 0.05) is 36.1 Å². The fraction of sp³-hybridized carbons (Fsp3) is 0.200. The molecule has 2 rings (SSSR count). The summed E-state index contributed by atoms with van der Waals surface area (Å²) in [6.07, 6.45) is 0.0473. The first kappa shape index (κ1) is 22.2. The van der Waals surface area contributed by atoms with Crippen LogP contribution in [0.15, 0.2) is 54.6 Å². The van der Waals surface area contributed by atoms with Gasteiger partial charge < -0.3 is 4.74 Å². The Balaban J connectivity index is 1.63. The molecular formula is C20H19N3O7. The van der Waals surface area contributed by atoms with Crippen LogP contribution in [0.25, 0.3) is 0 Å². The van der Waals surface area contributed by atoms with E-state index in [4.69, 9.17) is 4.74 Å². The second kappa shape index (κ2) is 11.1. The van der Waals surface area contributed by atoms with E-state index in [9.17, 15) is 29.3 Å². The molecule has 2 N–H and O–H groups in total. The highest BCUT2D eigenvalue weighted by Crippen LogP contribution is 2.12. The van der Waals surface area contributed by atoms with E-state index in [0.29, 0.717) is 5.56 Å². The van der Waals surface area contributed by atoms with Gasteiger partial charge in [-0.1, -0.05) is 18.2 Å². The van der Waals surface area contributed by atoms with Gasteiger partial charge in [0.25, 0.3) is 11.6 Å². The lowest BCUT2D eigenvalue weighted by Gasteiger charge is -2.07. The third-order valence-electron chi connectivity index (χ3n) is 3.90. The minimum Gasteiger partial charge on any atom is -0.457 e. The fourth-order valence-corrected chi connectivity index (χ4v) is 2.31. The van der Waals surface area contributed by atoms with Crippen LogP contribution in [0.5, 0.6) is 0 Å². The Labute approximate surface area is 171 Å². The molecule has 10 heteroatoms. The number of amides is 2. The number of hydrazine groups is 1. The molecule has 0 bridgehead atoms. The summed E-state index contributed by atoms with van der Waals surface area (Å²) in [4.78, 5) is 57.1. The molecule has 10 nitrogen and oxygen atoms in total. The Morgan fingerprint density at radius 2 is 1.53 bits per heavy atom. The van der Waals surface area contributed by atoms with Crippen molar-refractivity contribution < 1.29 is 28.8 Å². The minimum atomic E-state index is -0.661. The minimum absolute atomic E-state index is 0.0273. The molecule has 0 saturated heterocycles. The predicted molar refractivity (Wildman–Crippen MR) is 104 cm³/mol. The number of esters is 1. The monoisotopic (exact) mass is 413 g/mol. The first-order valence-corrected chi connectivity index (χ1v) is 8.94. The Morgan fingerprint density at radius 3 is 2.17 bits per heavy atom. The maximum absolute atomic E-state index is 11.9. The first-order valence-electron chi connectivity index (χ1n) is 8.94. The molecule has 2 aromatic carbocycles. The van der Waals surface area contributed by atoms with Crippen LogP contribution in [-0.4, -0.2) is 35.1 Å². The topological polar surface area (TPSA) is 145 Å². The van der Waals surface area contributed by atoms with E-state index >= 15 is 0 Å². The second-order valence-electron chi connectivity index (χ2n) is 6.11. The number of hydrogen-bond acceptors (Lipinski definition) is 7. The lowest BCUT2D eigenvalue weighted by molar-refractivity contribution is -0.384. The lowest BCUT2D eigenvalue weighted by atomic mass is 10.1. The van der Waals surface area contributed by atoms with Gasteiger partial charge >= 0.3 is 5.97 Å². The van der Waals surface area contributed by atoms with Crippen molar-refractivity contribution in [3.8, 4) is 0 Å². The van der Waals surface area contributed by atoms with Gasteiger partial charge in [0.05, 0.1) is 4.92 Å². The quantitative estimate of drug-likeness (QED) is 0.277. The molecule has 0 spiro atoms. The van der Waals surface area contributed by atoms with E-state index in [-0.39, 0.29) is 30.5 Å². The van der Waals surface area contributed by atoms with Gasteiger partial charge in [0.15, 0.2) is 12.4 Å². The molecule has 156 valence electrons. The number of ketones is 1. The molecule has 0 unspecified atom stereocenters. The summed E-state index contributed by atoms with van der Waals surface area (Å²) >= 11 is 0. The number of nitrogens with zero attached hydrogens (tertiary/aromatic N) is 1. The fourth-order valence-electron chi connectivity index (χ4n) is 2.31. The zero-order valence-corrected chi connectivity index (χ0v) is 15.8. The molecule has 30 heavy (non-hydrogen) atoms. The summed E-state index contributed by atoms with van der Waals surface area (Å²) in [5.41, 5.74) is 4.93. The summed E-state index contributed by atoms with van der Waals surface area (Å²) in [6.45, 7) is -0.504. The van der Waals surface area contributed by atoms with Crippen LogP contribution in [0.2, 0.25) is 0 Å². The normalized spacial score (nSPS) is 10.0. The molecule has 2 aromatic rings. The number of Topliss-reactive ketones (excluding diaryl/α,β-unsaturated/α-hetero) is 1. The van der Waals surface area contributed by atoms with E-state index < -0.39 is 35.1 Å². The molecule has 0 radical (unpaired) electrons. The number of nitro groups is 1. The summed E-state index contributed by atoms with van der Waals surface area (Å²) in [5, 5.41) is 10.6. The van der Waals surface area contributed by atoms with Crippen LogP contribution >= 0.6 is 0 Å². The zero-order valence-electron chi connectivity index (χ0n) is 15.8. The lowest BCUT2D eigenvalue weighted by Crippen LogP contribution is -2.41. The maximum atomic E-state index is 11.9. The summed E-state index contributed by atoms with van der Waals surface area (Å²) in [6, 6.07) is 13.3. The molecule has 0 aromatic heterocycles. The van der Waals surface area contributed by atoms with Gasteiger partial charge in [-0.05, 0) is 30.7 Å². The number of nitro benzene ring substituents is 1. The van der Waals surface area contributed by atoms with E-state index in [1.165, 1.54) is 24.3 Å². The summed E-state index contributed by atoms with van der Waals surface area (Å²) in [7, 11) is 0. The van der Waals surface area contributed by atoms with Crippen molar-refractivity contribution >= 4 is 29.3 Å². The summed E-state index contributed by atoms with van der Waals surface area (Å²) in [5.74, 6) is -2.10. The highest BCUT2D eigenvalue weighted by atomic mass is 16.6. The largest absolute Gasteiger partial charge is 0.457 e.